The van der Waals surface area contributed by atoms with Crippen LogP contribution in [0, 0.1) is 0 Å². The molecule has 8 atom stereocenters. The lowest BCUT2D eigenvalue weighted by atomic mass is 10.1. The summed E-state index contributed by atoms with van der Waals surface area (Å²) in [6, 6.07) is 40.3. The third-order valence-electron chi connectivity index (χ3n) is 9.38. The molecule has 5 aromatic rings. The molecule has 0 radical (unpaired) electrons. The van der Waals surface area contributed by atoms with Crippen molar-refractivity contribution in [1.29, 1.82) is 0 Å². The fraction of sp³-hybridized carbons (Fsp3) is 0.222. The minimum absolute atomic E-state index is 0.163. The van der Waals surface area contributed by atoms with Crippen molar-refractivity contribution in [3.63, 3.8) is 0 Å². The van der Waals surface area contributed by atoms with E-state index in [4.69, 9.17) is 37.9 Å². The van der Waals surface area contributed by atoms with Crippen LogP contribution in [0.5, 0.6) is 0 Å². The molecule has 0 aromatic heterocycles. The molecular formula is C45H38O14. The molecule has 59 heavy (non-hydrogen) atoms. The molecule has 0 unspecified atom stereocenters. The number of esters is 5. The zero-order chi connectivity index (χ0) is 41.1. The van der Waals surface area contributed by atoms with Gasteiger partial charge in [0.1, 0.15) is 18.8 Å². The fourth-order valence-corrected chi connectivity index (χ4v) is 6.41. The number of aliphatic hydroxyl groups is 1. The lowest BCUT2D eigenvalue weighted by molar-refractivity contribution is -0.198. The Labute approximate surface area is 338 Å². The second-order valence-corrected chi connectivity index (χ2v) is 13.3. The maximum atomic E-state index is 13.6. The van der Waals surface area contributed by atoms with E-state index in [0.29, 0.717) is 0 Å². The Kier molecular flexibility index (Phi) is 13.1. The van der Waals surface area contributed by atoms with Gasteiger partial charge in [0.05, 0.1) is 34.4 Å². The first kappa shape index (κ1) is 40.5. The average molecular weight is 803 g/mol. The van der Waals surface area contributed by atoms with Crippen molar-refractivity contribution in [3.05, 3.63) is 179 Å². The van der Waals surface area contributed by atoms with Gasteiger partial charge in [-0.2, -0.15) is 0 Å². The van der Waals surface area contributed by atoms with Crippen molar-refractivity contribution in [2.45, 2.75) is 49.2 Å². The van der Waals surface area contributed by atoms with Crippen LogP contribution in [-0.2, 0) is 37.9 Å². The average Bonchev–Trinajstić information content (AvgIpc) is 3.76. The van der Waals surface area contributed by atoms with Crippen molar-refractivity contribution in [2.75, 3.05) is 13.2 Å². The van der Waals surface area contributed by atoms with Crippen molar-refractivity contribution < 1.29 is 67.0 Å². The molecule has 7 rings (SSSR count). The van der Waals surface area contributed by atoms with Gasteiger partial charge in [-0.3, -0.25) is 0 Å². The second-order valence-electron chi connectivity index (χ2n) is 13.3. The standard InChI is InChI=1S/C45H38O14/c46-39(28-16-6-1-7-17-28)52-26-34-36(57-41(48)30-20-10-3-11-21-30)38(59-43(50)32-24-14-5-15-25-32)45(55-34)53-27-33-35(56-40(47)29-18-8-2-9-19-29)37(44(51)54-33)58-42(49)31-22-12-4-13-23-31/h1-25,33-38,44-45,51H,26-27H2/t33-,34-,35-,36-,37+,38+,44+,45+/m0/s1. The minimum Gasteiger partial charge on any atom is -0.459 e. The molecule has 14 nitrogen and oxygen atoms in total. The Bertz CT molecular complexity index is 2190. The largest absolute Gasteiger partial charge is 0.459 e. The van der Waals surface area contributed by atoms with Crippen molar-refractivity contribution in [3.8, 4) is 0 Å². The number of rotatable bonds is 14. The molecule has 2 heterocycles. The van der Waals surface area contributed by atoms with E-state index in [-0.39, 0.29) is 27.8 Å². The summed E-state index contributed by atoms with van der Waals surface area (Å²) in [6.07, 6.45) is -11.6. The van der Waals surface area contributed by atoms with Crippen LogP contribution >= 0.6 is 0 Å². The summed E-state index contributed by atoms with van der Waals surface area (Å²) in [4.78, 5) is 66.6. The second kappa shape index (κ2) is 19.2. The predicted molar refractivity (Wildman–Crippen MR) is 205 cm³/mol. The normalized spacial score (nSPS) is 23.4. The summed E-state index contributed by atoms with van der Waals surface area (Å²) in [6.45, 7) is -0.976. The maximum Gasteiger partial charge on any atom is 0.338 e. The first-order valence-electron chi connectivity index (χ1n) is 18.6. The maximum absolute atomic E-state index is 13.6. The molecule has 0 amide bonds. The quantitative estimate of drug-likeness (QED) is 0.114. The zero-order valence-electron chi connectivity index (χ0n) is 31.2. The minimum atomic E-state index is -1.77. The molecule has 14 heteroatoms. The smallest absolute Gasteiger partial charge is 0.338 e. The number of hydrogen-bond acceptors (Lipinski definition) is 14. The molecule has 0 aliphatic carbocycles. The SMILES string of the molecule is O=C(OC[C@@H]1O[C@@H](OC[C@@H]2O[C@@H](O)[C@H](OC(=O)c3ccccc3)[C@H]2OC(=O)c2ccccc2)[C@H](OC(=O)c2ccccc2)[C@H]1OC(=O)c1ccccc1)c1ccccc1. The highest BCUT2D eigenvalue weighted by Gasteiger charge is 2.54. The number of ether oxygens (including phenoxy) is 8. The number of aliphatic hydroxyl groups excluding tert-OH is 1. The number of hydrogen-bond donors (Lipinski definition) is 1. The molecule has 5 aromatic carbocycles. The van der Waals surface area contributed by atoms with Gasteiger partial charge < -0.3 is 43.0 Å². The van der Waals surface area contributed by atoms with Gasteiger partial charge in [0, 0.05) is 0 Å². The summed E-state index contributed by atoms with van der Waals surface area (Å²) in [5.41, 5.74) is 0.933. The fourth-order valence-electron chi connectivity index (χ4n) is 6.41. The van der Waals surface area contributed by atoms with E-state index < -0.39 is 92.3 Å². The molecule has 0 saturated carbocycles. The Morgan fingerprint density at radius 3 is 1.14 bits per heavy atom. The molecule has 2 fully saturated rings. The van der Waals surface area contributed by atoms with E-state index in [0.717, 1.165) is 0 Å². The van der Waals surface area contributed by atoms with Crippen LogP contribution in [-0.4, -0.2) is 97.4 Å². The van der Waals surface area contributed by atoms with Gasteiger partial charge >= 0.3 is 29.8 Å². The highest BCUT2D eigenvalue weighted by Crippen LogP contribution is 2.33. The van der Waals surface area contributed by atoms with Crippen molar-refractivity contribution in [2.24, 2.45) is 0 Å². The Morgan fingerprint density at radius 2 is 0.729 bits per heavy atom. The molecule has 302 valence electrons. The summed E-state index contributed by atoms with van der Waals surface area (Å²) in [5, 5.41) is 11.1. The highest BCUT2D eigenvalue weighted by molar-refractivity contribution is 5.92. The van der Waals surface area contributed by atoms with Gasteiger partial charge in [-0.1, -0.05) is 91.0 Å². The van der Waals surface area contributed by atoms with Gasteiger partial charge in [0.2, 0.25) is 0 Å². The summed E-state index contributed by atoms with van der Waals surface area (Å²) < 4.78 is 47.1. The lowest BCUT2D eigenvalue weighted by Crippen LogP contribution is -2.44. The van der Waals surface area contributed by atoms with Gasteiger partial charge in [-0.15, -0.1) is 0 Å². The van der Waals surface area contributed by atoms with E-state index in [1.807, 2.05) is 0 Å². The molecular weight excluding hydrogens is 764 g/mol. The van der Waals surface area contributed by atoms with Gasteiger partial charge in [0.25, 0.3) is 0 Å². The molecule has 2 saturated heterocycles. The highest BCUT2D eigenvalue weighted by atomic mass is 16.8. The van der Waals surface area contributed by atoms with Crippen LogP contribution in [0.4, 0.5) is 0 Å². The molecule has 0 bridgehead atoms. The van der Waals surface area contributed by atoms with Crippen LogP contribution in [0.25, 0.3) is 0 Å². The monoisotopic (exact) mass is 802 g/mol. The molecule has 2 aliphatic heterocycles. The van der Waals surface area contributed by atoms with E-state index in [9.17, 15) is 29.1 Å². The van der Waals surface area contributed by atoms with Gasteiger partial charge in [0.15, 0.2) is 37.0 Å². The molecule has 1 N–H and O–H groups in total. The molecule has 2 aliphatic rings. The van der Waals surface area contributed by atoms with Crippen molar-refractivity contribution in [1.82, 2.24) is 0 Å². The van der Waals surface area contributed by atoms with Crippen LogP contribution in [0.1, 0.15) is 51.8 Å². The van der Waals surface area contributed by atoms with E-state index in [1.165, 1.54) is 48.5 Å². The number of benzene rings is 5. The first-order chi connectivity index (χ1) is 28.7. The lowest BCUT2D eigenvalue weighted by Gasteiger charge is -2.26. The van der Waals surface area contributed by atoms with E-state index in [1.54, 1.807) is 103 Å². The number of carbonyl (C=O) groups excluding carboxylic acids is 5. The number of carbonyl (C=O) groups is 5. The van der Waals surface area contributed by atoms with Crippen LogP contribution in [0.15, 0.2) is 152 Å². The van der Waals surface area contributed by atoms with E-state index >= 15 is 0 Å². The molecule has 0 spiro atoms. The van der Waals surface area contributed by atoms with Gasteiger partial charge in [-0.05, 0) is 60.7 Å². The third-order valence-corrected chi connectivity index (χ3v) is 9.38. The zero-order valence-corrected chi connectivity index (χ0v) is 31.2. The summed E-state index contributed by atoms with van der Waals surface area (Å²) in [5.74, 6) is -3.93. The third kappa shape index (κ3) is 10.1. The Morgan fingerprint density at radius 1 is 0.407 bits per heavy atom. The van der Waals surface area contributed by atoms with Crippen LogP contribution in [0.2, 0.25) is 0 Å². The van der Waals surface area contributed by atoms with Crippen LogP contribution in [0.3, 0.4) is 0 Å². The summed E-state index contributed by atoms with van der Waals surface area (Å²) >= 11 is 0. The topological polar surface area (TPSA) is 179 Å². The van der Waals surface area contributed by atoms with Crippen LogP contribution < -0.4 is 0 Å². The van der Waals surface area contributed by atoms with E-state index in [2.05, 4.69) is 0 Å². The van der Waals surface area contributed by atoms with Gasteiger partial charge in [-0.25, -0.2) is 24.0 Å². The predicted octanol–water partition coefficient (Wildman–Crippen LogP) is 5.20. The Hall–Kier alpha value is -6.71. The van der Waals surface area contributed by atoms with Crippen molar-refractivity contribution >= 4 is 29.8 Å². The Balaban J connectivity index is 1.16. The summed E-state index contributed by atoms with van der Waals surface area (Å²) in [7, 11) is 0. The first-order valence-corrected chi connectivity index (χ1v) is 18.6.